The zero-order valence-electron chi connectivity index (χ0n) is 19.6. The number of aryl methyl sites for hydroxylation is 1. The Morgan fingerprint density at radius 3 is 2.66 bits per heavy atom. The summed E-state index contributed by atoms with van der Waals surface area (Å²) in [5, 5.41) is 19.8. The largest absolute Gasteiger partial charge is 0.494 e. The van der Waals surface area contributed by atoms with E-state index >= 15 is 0 Å². The molecule has 2 heterocycles. The van der Waals surface area contributed by atoms with Gasteiger partial charge < -0.3 is 20.1 Å². The highest BCUT2D eigenvalue weighted by Gasteiger charge is 2.13. The first-order chi connectivity index (χ1) is 17.1. The zero-order chi connectivity index (χ0) is 24.6. The molecule has 0 saturated carbocycles. The molecule has 0 spiro atoms. The number of nitrogens with zero attached hydrogens (tertiary/aromatic N) is 4. The van der Waals surface area contributed by atoms with Crippen molar-refractivity contribution in [1.82, 2.24) is 19.8 Å². The highest BCUT2D eigenvalue weighted by molar-refractivity contribution is 6.31. The topological polar surface area (TPSA) is 103 Å². The highest BCUT2D eigenvalue weighted by Crippen LogP contribution is 2.29. The summed E-state index contributed by atoms with van der Waals surface area (Å²) in [6, 6.07) is 16.7. The quantitative estimate of drug-likeness (QED) is 0.310. The van der Waals surface area contributed by atoms with Crippen LogP contribution in [0, 0.1) is 0 Å². The van der Waals surface area contributed by atoms with Gasteiger partial charge >= 0.3 is 0 Å². The molecule has 0 aliphatic heterocycles. The smallest absolute Gasteiger partial charge is 0.224 e. The Balaban J connectivity index is 1.42. The fraction of sp³-hybridized carbons (Fsp3) is 0.280. The summed E-state index contributed by atoms with van der Waals surface area (Å²) in [4.78, 5) is 12.7. The number of carbonyl (C=O) groups excluding carboxylic acids is 1. The first-order valence-corrected chi connectivity index (χ1v) is 11.8. The third kappa shape index (κ3) is 6.19. The fourth-order valence-electron chi connectivity index (χ4n) is 3.49. The second kappa shape index (κ2) is 11.5. The van der Waals surface area contributed by atoms with Gasteiger partial charge in [0.05, 0.1) is 18.9 Å². The summed E-state index contributed by atoms with van der Waals surface area (Å²) >= 11 is 6.24. The number of benzene rings is 2. The molecule has 1 amide bonds. The number of ether oxygens (including phenoxy) is 2. The lowest BCUT2D eigenvalue weighted by atomic mass is 10.2. The van der Waals surface area contributed by atoms with E-state index in [0.29, 0.717) is 65.7 Å². The van der Waals surface area contributed by atoms with Crippen LogP contribution in [0.15, 0.2) is 54.6 Å². The summed E-state index contributed by atoms with van der Waals surface area (Å²) < 4.78 is 12.8. The normalized spacial score (nSPS) is 10.8. The molecule has 10 heteroatoms. The van der Waals surface area contributed by atoms with Gasteiger partial charge in [-0.1, -0.05) is 29.8 Å². The van der Waals surface area contributed by atoms with E-state index in [1.807, 2.05) is 56.3 Å². The molecule has 9 nitrogen and oxygen atoms in total. The Hall–Kier alpha value is -3.85. The number of nitrogens with one attached hydrogen (secondary N) is 2. The van der Waals surface area contributed by atoms with Gasteiger partial charge in [0.25, 0.3) is 0 Å². The van der Waals surface area contributed by atoms with Crippen molar-refractivity contribution < 1.29 is 14.3 Å². The third-order valence-corrected chi connectivity index (χ3v) is 5.53. The summed E-state index contributed by atoms with van der Waals surface area (Å²) in [6.07, 6.45) is 0.563. The molecule has 0 unspecified atom stereocenters. The van der Waals surface area contributed by atoms with Crippen LogP contribution in [0.2, 0.25) is 5.02 Å². The van der Waals surface area contributed by atoms with Gasteiger partial charge in [0.2, 0.25) is 5.91 Å². The van der Waals surface area contributed by atoms with E-state index < -0.39 is 0 Å². The van der Waals surface area contributed by atoms with E-state index in [-0.39, 0.29) is 12.3 Å². The van der Waals surface area contributed by atoms with Gasteiger partial charge in [0.1, 0.15) is 17.3 Å². The van der Waals surface area contributed by atoms with E-state index in [1.54, 1.807) is 16.6 Å². The SMILES string of the molecule is CCOc1ccc(OCC)c(NC(=O)CCc2nnc3ccc(NCc4ccccc4Cl)nn23)c1. The monoisotopic (exact) mass is 494 g/mol. The zero-order valence-corrected chi connectivity index (χ0v) is 20.4. The van der Waals surface area contributed by atoms with E-state index in [4.69, 9.17) is 21.1 Å². The van der Waals surface area contributed by atoms with Crippen molar-refractivity contribution >= 4 is 34.7 Å². The van der Waals surface area contributed by atoms with E-state index in [2.05, 4.69) is 25.9 Å². The van der Waals surface area contributed by atoms with Crippen molar-refractivity contribution in [3.05, 3.63) is 71.0 Å². The second-order valence-electron chi connectivity index (χ2n) is 7.62. The molecule has 0 bridgehead atoms. The molecule has 2 N–H and O–H groups in total. The van der Waals surface area contributed by atoms with Crippen molar-refractivity contribution in [3.63, 3.8) is 0 Å². The van der Waals surface area contributed by atoms with E-state index in [9.17, 15) is 4.79 Å². The van der Waals surface area contributed by atoms with Crippen LogP contribution in [0.1, 0.15) is 31.7 Å². The molecule has 0 aliphatic carbocycles. The number of fused-ring (bicyclic) bond motifs is 1. The van der Waals surface area contributed by atoms with Crippen LogP contribution >= 0.6 is 11.6 Å². The van der Waals surface area contributed by atoms with Crippen LogP contribution in [-0.4, -0.2) is 38.9 Å². The first kappa shape index (κ1) is 24.3. The number of aromatic nitrogens is 4. The summed E-state index contributed by atoms with van der Waals surface area (Å²) in [6.45, 7) is 5.35. The van der Waals surface area contributed by atoms with Gasteiger partial charge in [-0.25, -0.2) is 0 Å². The van der Waals surface area contributed by atoms with Gasteiger partial charge in [-0.15, -0.1) is 15.3 Å². The lowest BCUT2D eigenvalue weighted by Crippen LogP contribution is -2.15. The lowest BCUT2D eigenvalue weighted by molar-refractivity contribution is -0.116. The van der Waals surface area contributed by atoms with Crippen LogP contribution in [0.5, 0.6) is 11.5 Å². The number of halogens is 1. The van der Waals surface area contributed by atoms with Crippen molar-refractivity contribution in [2.24, 2.45) is 0 Å². The van der Waals surface area contributed by atoms with Gasteiger partial charge in [-0.3, -0.25) is 4.79 Å². The average molecular weight is 495 g/mol. The van der Waals surface area contributed by atoms with Crippen LogP contribution in [0.25, 0.3) is 5.65 Å². The number of anilines is 2. The Kier molecular flexibility index (Phi) is 7.99. The molecule has 0 fully saturated rings. The van der Waals surface area contributed by atoms with Crippen molar-refractivity contribution in [2.45, 2.75) is 33.2 Å². The number of rotatable bonds is 11. The first-order valence-electron chi connectivity index (χ1n) is 11.5. The average Bonchev–Trinajstić information content (AvgIpc) is 3.26. The molecular weight excluding hydrogens is 468 g/mol. The fourth-order valence-corrected chi connectivity index (χ4v) is 3.70. The summed E-state index contributed by atoms with van der Waals surface area (Å²) in [5.74, 6) is 2.31. The molecule has 0 radical (unpaired) electrons. The van der Waals surface area contributed by atoms with Crippen LogP contribution in [0.4, 0.5) is 11.5 Å². The van der Waals surface area contributed by atoms with Gasteiger partial charge in [0, 0.05) is 30.5 Å². The number of carbonyl (C=O) groups is 1. The van der Waals surface area contributed by atoms with Crippen LogP contribution < -0.4 is 20.1 Å². The summed E-state index contributed by atoms with van der Waals surface area (Å²) in [5.41, 5.74) is 2.14. The molecule has 35 heavy (non-hydrogen) atoms. The van der Waals surface area contributed by atoms with E-state index in [0.717, 1.165) is 5.56 Å². The second-order valence-corrected chi connectivity index (χ2v) is 8.03. The molecule has 0 aliphatic rings. The minimum atomic E-state index is -0.177. The Morgan fingerprint density at radius 2 is 1.86 bits per heavy atom. The van der Waals surface area contributed by atoms with Crippen LogP contribution in [0.3, 0.4) is 0 Å². The molecule has 2 aromatic heterocycles. The maximum absolute atomic E-state index is 12.7. The summed E-state index contributed by atoms with van der Waals surface area (Å²) in [7, 11) is 0. The number of amides is 1. The predicted molar refractivity (Wildman–Crippen MR) is 135 cm³/mol. The minimum absolute atomic E-state index is 0.177. The third-order valence-electron chi connectivity index (χ3n) is 5.16. The molecule has 0 atom stereocenters. The minimum Gasteiger partial charge on any atom is -0.494 e. The van der Waals surface area contributed by atoms with Gasteiger partial charge in [-0.05, 0) is 49.7 Å². The Morgan fingerprint density at radius 1 is 1.03 bits per heavy atom. The van der Waals surface area contributed by atoms with Crippen molar-refractivity contribution in [3.8, 4) is 11.5 Å². The maximum atomic E-state index is 12.7. The van der Waals surface area contributed by atoms with Crippen LogP contribution in [-0.2, 0) is 17.8 Å². The molecule has 182 valence electrons. The molecule has 4 aromatic rings. The Labute approximate surface area is 208 Å². The Bertz CT molecular complexity index is 1310. The van der Waals surface area contributed by atoms with Crippen molar-refractivity contribution in [1.29, 1.82) is 0 Å². The lowest BCUT2D eigenvalue weighted by Gasteiger charge is -2.13. The van der Waals surface area contributed by atoms with Gasteiger partial charge in [0.15, 0.2) is 11.5 Å². The highest BCUT2D eigenvalue weighted by atomic mass is 35.5. The molecular formula is C25H27ClN6O3. The number of hydrogen-bond acceptors (Lipinski definition) is 7. The molecule has 4 rings (SSSR count). The maximum Gasteiger partial charge on any atom is 0.224 e. The van der Waals surface area contributed by atoms with Crippen molar-refractivity contribution in [2.75, 3.05) is 23.8 Å². The van der Waals surface area contributed by atoms with Gasteiger partial charge in [-0.2, -0.15) is 4.52 Å². The molecule has 0 saturated heterocycles. The molecule has 2 aromatic carbocycles. The predicted octanol–water partition coefficient (Wildman–Crippen LogP) is 4.76. The standard InChI is InChI=1S/C25H27ClN6O3/c1-3-34-18-9-10-21(35-4-2)20(15-18)28-25(33)14-13-24-30-29-23-12-11-22(31-32(23)24)27-16-17-7-5-6-8-19(17)26/h5-12,15H,3-4,13-14,16H2,1-2H3,(H,27,31)(H,28,33). The van der Waals surface area contributed by atoms with E-state index in [1.165, 1.54) is 0 Å². The number of hydrogen-bond donors (Lipinski definition) is 2.